The maximum absolute atomic E-state index is 12.6. The molecule has 0 aliphatic carbocycles. The summed E-state index contributed by atoms with van der Waals surface area (Å²) in [5.41, 5.74) is 1.71. The van der Waals surface area contributed by atoms with Gasteiger partial charge in [-0.05, 0) is 32.0 Å². The minimum Gasteiger partial charge on any atom is -0.463 e. The van der Waals surface area contributed by atoms with Crippen molar-refractivity contribution in [2.24, 2.45) is 0 Å². The van der Waals surface area contributed by atoms with E-state index in [1.54, 1.807) is 6.26 Å². The van der Waals surface area contributed by atoms with Gasteiger partial charge >= 0.3 is 5.63 Å². The van der Waals surface area contributed by atoms with Crippen molar-refractivity contribution in [2.75, 3.05) is 18.0 Å². The molecule has 0 amide bonds. The van der Waals surface area contributed by atoms with Gasteiger partial charge in [0.15, 0.2) is 0 Å². The highest BCUT2D eigenvalue weighted by atomic mass is 16.4. The summed E-state index contributed by atoms with van der Waals surface area (Å²) in [7, 11) is 0. The van der Waals surface area contributed by atoms with Gasteiger partial charge in [0.2, 0.25) is 0 Å². The quantitative estimate of drug-likeness (QED) is 0.490. The summed E-state index contributed by atoms with van der Waals surface area (Å²) in [6.45, 7) is 6.02. The van der Waals surface area contributed by atoms with Gasteiger partial charge < -0.3 is 13.7 Å². The lowest BCUT2D eigenvalue weighted by Crippen LogP contribution is -2.21. The fourth-order valence-corrected chi connectivity index (χ4v) is 3.24. The third-order valence-corrected chi connectivity index (χ3v) is 4.60. The Morgan fingerprint density at radius 2 is 1.76 bits per heavy atom. The third kappa shape index (κ3) is 2.60. The summed E-state index contributed by atoms with van der Waals surface area (Å²) in [6, 6.07) is 15.6. The Bertz CT molecular complexity index is 1100. The van der Waals surface area contributed by atoms with Crippen LogP contribution in [0.2, 0.25) is 0 Å². The molecule has 0 atom stereocenters. The van der Waals surface area contributed by atoms with Crippen molar-refractivity contribution in [2.45, 2.75) is 13.8 Å². The minimum atomic E-state index is -0.385. The molecule has 0 N–H and O–H groups in total. The Hall–Kier alpha value is -3.01. The van der Waals surface area contributed by atoms with Gasteiger partial charge in [-0.3, -0.25) is 0 Å². The van der Waals surface area contributed by atoms with E-state index in [1.807, 2.05) is 42.5 Å². The molecule has 2 aromatic carbocycles. The molecule has 0 aliphatic heterocycles. The molecule has 0 aliphatic rings. The summed E-state index contributed by atoms with van der Waals surface area (Å²) in [6.07, 6.45) is 1.66. The number of furan rings is 1. The van der Waals surface area contributed by atoms with Crippen LogP contribution in [0.4, 0.5) is 5.69 Å². The van der Waals surface area contributed by atoms with Crippen LogP contribution in [-0.4, -0.2) is 13.1 Å². The van der Waals surface area contributed by atoms with Gasteiger partial charge in [0, 0.05) is 41.0 Å². The van der Waals surface area contributed by atoms with Crippen LogP contribution in [0.5, 0.6) is 0 Å². The Kier molecular flexibility index (Phi) is 3.80. The standard InChI is InChI=1S/C21H19NO3/c1-3-22(4-2)16-10-9-14-11-18(21(23)25-19(14)12-16)20-17-8-6-5-7-15(17)13-24-20/h5-13H,3-4H2,1-2H3. The average molecular weight is 333 g/mol. The normalized spacial score (nSPS) is 11.3. The van der Waals surface area contributed by atoms with Crippen molar-refractivity contribution in [1.82, 2.24) is 0 Å². The zero-order chi connectivity index (χ0) is 17.4. The first-order chi connectivity index (χ1) is 12.2. The fraction of sp³-hybridized carbons (Fsp3) is 0.190. The maximum atomic E-state index is 12.6. The zero-order valence-electron chi connectivity index (χ0n) is 14.3. The number of rotatable bonds is 4. The molecule has 126 valence electrons. The first-order valence-electron chi connectivity index (χ1n) is 8.50. The lowest BCUT2D eigenvalue weighted by molar-refractivity contribution is 0.549. The largest absolute Gasteiger partial charge is 0.463 e. The molecule has 4 heteroatoms. The molecule has 4 rings (SSSR count). The predicted octanol–water partition coefficient (Wildman–Crippen LogP) is 5.05. The Morgan fingerprint density at radius 3 is 2.56 bits per heavy atom. The van der Waals surface area contributed by atoms with Crippen molar-refractivity contribution in [1.29, 1.82) is 0 Å². The van der Waals surface area contributed by atoms with Crippen LogP contribution in [0, 0.1) is 0 Å². The lowest BCUT2D eigenvalue weighted by atomic mass is 10.1. The molecule has 2 aromatic heterocycles. The van der Waals surface area contributed by atoms with Crippen LogP contribution in [-0.2, 0) is 0 Å². The molecule has 25 heavy (non-hydrogen) atoms. The number of nitrogens with zero attached hydrogens (tertiary/aromatic N) is 1. The van der Waals surface area contributed by atoms with Crippen molar-refractivity contribution in [3.8, 4) is 11.3 Å². The number of anilines is 1. The predicted molar refractivity (Wildman–Crippen MR) is 101 cm³/mol. The maximum Gasteiger partial charge on any atom is 0.347 e. The van der Waals surface area contributed by atoms with E-state index in [-0.39, 0.29) is 5.63 Å². The van der Waals surface area contributed by atoms with Crippen LogP contribution in [0.15, 0.2) is 68.4 Å². The molecular formula is C21H19NO3. The highest BCUT2D eigenvalue weighted by molar-refractivity contribution is 5.95. The summed E-state index contributed by atoms with van der Waals surface area (Å²) in [5, 5.41) is 2.76. The molecule has 2 heterocycles. The number of hydrogen-bond donors (Lipinski definition) is 0. The summed E-state index contributed by atoms with van der Waals surface area (Å²) in [4.78, 5) is 14.8. The SMILES string of the molecule is CCN(CC)c1ccc2cc(-c3occ4ccccc34)c(=O)oc2c1. The molecule has 0 spiro atoms. The van der Waals surface area contributed by atoms with Crippen LogP contribution in [0.25, 0.3) is 33.1 Å². The van der Waals surface area contributed by atoms with E-state index in [4.69, 9.17) is 8.83 Å². The molecule has 0 fully saturated rings. The van der Waals surface area contributed by atoms with Gasteiger partial charge in [0.25, 0.3) is 0 Å². The van der Waals surface area contributed by atoms with E-state index in [0.29, 0.717) is 16.9 Å². The first-order valence-corrected chi connectivity index (χ1v) is 8.50. The van der Waals surface area contributed by atoms with Gasteiger partial charge in [0.1, 0.15) is 16.9 Å². The smallest absolute Gasteiger partial charge is 0.347 e. The molecule has 0 saturated carbocycles. The van der Waals surface area contributed by atoms with Crippen LogP contribution in [0.3, 0.4) is 0 Å². The Balaban J connectivity index is 1.88. The first kappa shape index (κ1) is 15.5. The topological polar surface area (TPSA) is 46.6 Å². The second-order valence-electron chi connectivity index (χ2n) is 5.99. The van der Waals surface area contributed by atoms with Crippen molar-refractivity contribution >= 4 is 27.4 Å². The van der Waals surface area contributed by atoms with Crippen LogP contribution in [0.1, 0.15) is 13.8 Å². The highest BCUT2D eigenvalue weighted by Gasteiger charge is 2.15. The molecular weight excluding hydrogens is 314 g/mol. The van der Waals surface area contributed by atoms with Gasteiger partial charge in [0.05, 0.1) is 6.26 Å². The van der Waals surface area contributed by atoms with Crippen molar-refractivity contribution < 1.29 is 8.83 Å². The van der Waals surface area contributed by atoms with Gasteiger partial charge in [-0.25, -0.2) is 4.79 Å². The van der Waals surface area contributed by atoms with E-state index in [1.165, 1.54) is 0 Å². The molecule has 4 nitrogen and oxygen atoms in total. The van der Waals surface area contributed by atoms with E-state index >= 15 is 0 Å². The van der Waals surface area contributed by atoms with E-state index in [9.17, 15) is 4.79 Å². The van der Waals surface area contributed by atoms with Crippen molar-refractivity contribution in [3.05, 3.63) is 65.2 Å². The Labute approximate surface area is 145 Å². The highest BCUT2D eigenvalue weighted by Crippen LogP contribution is 2.31. The minimum absolute atomic E-state index is 0.385. The summed E-state index contributed by atoms with van der Waals surface area (Å²) in [5.74, 6) is 0.555. The third-order valence-electron chi connectivity index (χ3n) is 4.60. The average Bonchev–Trinajstić information content (AvgIpc) is 3.06. The lowest BCUT2D eigenvalue weighted by Gasteiger charge is -2.20. The number of fused-ring (bicyclic) bond motifs is 2. The second-order valence-corrected chi connectivity index (χ2v) is 5.99. The van der Waals surface area contributed by atoms with E-state index in [2.05, 4.69) is 24.8 Å². The van der Waals surface area contributed by atoms with Gasteiger partial charge in [-0.1, -0.05) is 24.3 Å². The Morgan fingerprint density at radius 1 is 0.960 bits per heavy atom. The van der Waals surface area contributed by atoms with Gasteiger partial charge in [-0.2, -0.15) is 0 Å². The second kappa shape index (κ2) is 6.13. The molecule has 0 unspecified atom stereocenters. The van der Waals surface area contributed by atoms with Gasteiger partial charge in [-0.15, -0.1) is 0 Å². The fourth-order valence-electron chi connectivity index (χ4n) is 3.24. The molecule has 0 radical (unpaired) electrons. The van der Waals surface area contributed by atoms with E-state index in [0.717, 1.165) is 34.9 Å². The van der Waals surface area contributed by atoms with Crippen LogP contribution >= 0.6 is 0 Å². The number of benzene rings is 2. The zero-order valence-corrected chi connectivity index (χ0v) is 14.3. The van der Waals surface area contributed by atoms with Crippen molar-refractivity contribution in [3.63, 3.8) is 0 Å². The number of hydrogen-bond acceptors (Lipinski definition) is 4. The summed E-state index contributed by atoms with van der Waals surface area (Å²) >= 11 is 0. The van der Waals surface area contributed by atoms with Crippen LogP contribution < -0.4 is 10.5 Å². The summed E-state index contributed by atoms with van der Waals surface area (Å²) < 4.78 is 11.3. The molecule has 0 bridgehead atoms. The molecule has 0 saturated heterocycles. The molecule has 4 aromatic rings. The van der Waals surface area contributed by atoms with E-state index < -0.39 is 0 Å². The monoisotopic (exact) mass is 333 g/mol.